The van der Waals surface area contributed by atoms with Crippen molar-refractivity contribution < 1.29 is 0 Å². The van der Waals surface area contributed by atoms with Gasteiger partial charge in [-0.25, -0.2) is 0 Å². The van der Waals surface area contributed by atoms with Gasteiger partial charge in [0.2, 0.25) is 0 Å². The first-order chi connectivity index (χ1) is 14.8. The third kappa shape index (κ3) is 3.11. The van der Waals surface area contributed by atoms with Crippen molar-refractivity contribution in [3.63, 3.8) is 0 Å². The molecule has 7 rings (SSSR count). The lowest BCUT2D eigenvalue weighted by Crippen LogP contribution is -2.55. The van der Waals surface area contributed by atoms with Crippen molar-refractivity contribution in [2.45, 2.75) is 116 Å². The first kappa shape index (κ1) is 19.5. The molecule has 7 aliphatic rings. The predicted molar refractivity (Wildman–Crippen MR) is 125 cm³/mol. The van der Waals surface area contributed by atoms with Gasteiger partial charge < -0.3 is 0 Å². The normalized spacial score (nSPS) is 57.6. The van der Waals surface area contributed by atoms with Crippen LogP contribution < -0.4 is 0 Å². The average molecular weight is 409 g/mol. The van der Waals surface area contributed by atoms with E-state index in [1.807, 2.05) is 0 Å². The van der Waals surface area contributed by atoms with E-state index in [9.17, 15) is 0 Å². The van der Waals surface area contributed by atoms with E-state index in [1.54, 1.807) is 116 Å². The SMILES string of the molecule is C1CC[C@@H]2CC3[C@@H](CC2C1)[C@H]1CCCC[C@@H]1[C@H]1C[C@H]2C[C@H]4CCCC[C@H]4C[C@H]2C[C@@H]31. The van der Waals surface area contributed by atoms with Crippen LogP contribution in [0.3, 0.4) is 0 Å². The molecule has 0 aromatic carbocycles. The van der Waals surface area contributed by atoms with Gasteiger partial charge in [-0.15, -0.1) is 0 Å². The van der Waals surface area contributed by atoms with Crippen LogP contribution in [-0.2, 0) is 0 Å². The first-order valence-corrected chi connectivity index (χ1v) is 14.8. The number of hydrogen-bond acceptors (Lipinski definition) is 0. The van der Waals surface area contributed by atoms with Gasteiger partial charge in [-0.05, 0) is 122 Å². The minimum absolute atomic E-state index is 1.15. The maximum Gasteiger partial charge on any atom is -0.0349 e. The smallest absolute Gasteiger partial charge is 0.0349 e. The molecular weight excluding hydrogens is 360 g/mol. The van der Waals surface area contributed by atoms with Crippen LogP contribution in [0.1, 0.15) is 116 Å². The van der Waals surface area contributed by atoms with Crippen molar-refractivity contribution in [3.05, 3.63) is 0 Å². The van der Waals surface area contributed by atoms with Gasteiger partial charge >= 0.3 is 0 Å². The van der Waals surface area contributed by atoms with E-state index >= 15 is 0 Å². The van der Waals surface area contributed by atoms with Crippen molar-refractivity contribution in [3.8, 4) is 0 Å². The predicted octanol–water partition coefficient (Wildman–Crippen LogP) is 8.50. The molecule has 2 unspecified atom stereocenters. The van der Waals surface area contributed by atoms with Crippen molar-refractivity contribution in [1.82, 2.24) is 0 Å². The molecule has 0 aromatic rings. The fourth-order valence-corrected chi connectivity index (χ4v) is 11.9. The summed E-state index contributed by atoms with van der Waals surface area (Å²) in [5.41, 5.74) is 0. The molecule has 7 fully saturated rings. The van der Waals surface area contributed by atoms with E-state index in [4.69, 9.17) is 0 Å². The Balaban J connectivity index is 1.17. The molecule has 0 radical (unpaired) electrons. The quantitative estimate of drug-likeness (QED) is 0.377. The molecule has 0 heterocycles. The van der Waals surface area contributed by atoms with Crippen LogP contribution >= 0.6 is 0 Å². The summed E-state index contributed by atoms with van der Waals surface area (Å²) < 4.78 is 0. The lowest BCUT2D eigenvalue weighted by Gasteiger charge is -2.62. The zero-order valence-corrected chi connectivity index (χ0v) is 19.7. The van der Waals surface area contributed by atoms with Gasteiger partial charge in [-0.2, -0.15) is 0 Å². The lowest BCUT2D eigenvalue weighted by atomic mass is 9.43. The molecule has 0 N–H and O–H groups in total. The Hall–Kier alpha value is 0. The van der Waals surface area contributed by atoms with Crippen LogP contribution in [0.15, 0.2) is 0 Å². The molecule has 0 spiro atoms. The van der Waals surface area contributed by atoms with Gasteiger partial charge in [-0.1, -0.05) is 64.2 Å². The van der Waals surface area contributed by atoms with Crippen LogP contribution in [0.4, 0.5) is 0 Å². The monoisotopic (exact) mass is 408 g/mol. The van der Waals surface area contributed by atoms with Gasteiger partial charge in [0.15, 0.2) is 0 Å². The van der Waals surface area contributed by atoms with E-state index in [-0.39, 0.29) is 0 Å². The Morgan fingerprint density at radius 2 is 0.533 bits per heavy atom. The summed E-state index contributed by atoms with van der Waals surface area (Å²) in [6.45, 7) is 0. The molecule has 12 atom stereocenters. The summed E-state index contributed by atoms with van der Waals surface area (Å²) in [7, 11) is 0. The third-order valence-corrected chi connectivity index (χ3v) is 12.9. The van der Waals surface area contributed by atoms with Crippen LogP contribution in [0.2, 0.25) is 0 Å². The number of fused-ring (bicyclic) bond motifs is 9. The van der Waals surface area contributed by atoms with E-state index in [2.05, 4.69) is 0 Å². The Labute approximate surface area is 186 Å². The lowest BCUT2D eigenvalue weighted by molar-refractivity contribution is -0.133. The molecule has 7 aliphatic carbocycles. The average Bonchev–Trinajstić information content (AvgIpc) is 2.81. The van der Waals surface area contributed by atoms with Crippen molar-refractivity contribution in [2.24, 2.45) is 71.0 Å². The zero-order chi connectivity index (χ0) is 19.7. The molecule has 0 saturated heterocycles. The molecule has 0 aromatic heterocycles. The summed E-state index contributed by atoms with van der Waals surface area (Å²) in [6, 6.07) is 0. The van der Waals surface area contributed by atoms with Crippen LogP contribution in [0, 0.1) is 71.0 Å². The number of hydrogen-bond donors (Lipinski definition) is 0. The minimum Gasteiger partial charge on any atom is -0.0530 e. The van der Waals surface area contributed by atoms with Crippen molar-refractivity contribution in [2.75, 3.05) is 0 Å². The molecule has 0 aliphatic heterocycles. The topological polar surface area (TPSA) is 0 Å². The first-order valence-electron chi connectivity index (χ1n) is 14.8. The maximum atomic E-state index is 1.69. The van der Waals surface area contributed by atoms with Gasteiger partial charge in [0, 0.05) is 0 Å². The van der Waals surface area contributed by atoms with Crippen LogP contribution in [0.5, 0.6) is 0 Å². The Kier molecular flexibility index (Phi) is 5.06. The highest BCUT2D eigenvalue weighted by molar-refractivity contribution is 5.06. The molecular formula is C30H48. The summed E-state index contributed by atoms with van der Waals surface area (Å²) in [4.78, 5) is 0. The molecule has 30 heavy (non-hydrogen) atoms. The van der Waals surface area contributed by atoms with E-state index in [0.717, 1.165) is 53.3 Å². The molecule has 0 amide bonds. The second kappa shape index (κ2) is 7.80. The summed E-state index contributed by atoms with van der Waals surface area (Å²) in [6.07, 6.45) is 29.1. The summed E-state index contributed by atoms with van der Waals surface area (Å²) in [5, 5.41) is 0. The zero-order valence-electron chi connectivity index (χ0n) is 19.7. The maximum absolute atomic E-state index is 1.69. The highest BCUT2D eigenvalue weighted by atomic mass is 14.6. The standard InChI is InChI=1S/C30H48/c1-2-8-20-14-24-18-30-28(17-23(24)13-19(20)7-1)26-12-6-5-11-25(26)27-15-21-9-3-4-10-22(21)16-29(27)30/h19-30H,1-18H2/t19-,20+,21?,22-,23-,24+,25+,26+,27+,28-,29?,30-/m1/s1. The summed E-state index contributed by atoms with van der Waals surface area (Å²) in [5.74, 6) is 13.9. The molecule has 168 valence electrons. The number of rotatable bonds is 0. The molecule has 0 nitrogen and oxygen atoms in total. The fourth-order valence-electron chi connectivity index (χ4n) is 11.9. The highest BCUT2D eigenvalue weighted by Crippen LogP contribution is 2.65. The molecule has 0 heteroatoms. The Morgan fingerprint density at radius 1 is 0.233 bits per heavy atom. The van der Waals surface area contributed by atoms with Crippen molar-refractivity contribution in [1.29, 1.82) is 0 Å². The van der Waals surface area contributed by atoms with Gasteiger partial charge in [0.05, 0.1) is 0 Å². The van der Waals surface area contributed by atoms with Gasteiger partial charge in [0.25, 0.3) is 0 Å². The van der Waals surface area contributed by atoms with Crippen LogP contribution in [0.25, 0.3) is 0 Å². The second-order valence-corrected chi connectivity index (χ2v) is 13.8. The van der Waals surface area contributed by atoms with Gasteiger partial charge in [0.1, 0.15) is 0 Å². The third-order valence-electron chi connectivity index (χ3n) is 12.9. The molecule has 0 bridgehead atoms. The minimum atomic E-state index is 1.15. The highest BCUT2D eigenvalue weighted by Gasteiger charge is 2.57. The van der Waals surface area contributed by atoms with Crippen molar-refractivity contribution >= 4 is 0 Å². The van der Waals surface area contributed by atoms with Crippen LogP contribution in [-0.4, -0.2) is 0 Å². The van der Waals surface area contributed by atoms with E-state index in [0.29, 0.717) is 0 Å². The Morgan fingerprint density at radius 3 is 0.967 bits per heavy atom. The van der Waals surface area contributed by atoms with Gasteiger partial charge in [-0.3, -0.25) is 0 Å². The Bertz CT molecular complexity index is 622. The fraction of sp³-hybridized carbons (Fsp3) is 1.00. The summed E-state index contributed by atoms with van der Waals surface area (Å²) >= 11 is 0. The largest absolute Gasteiger partial charge is 0.0530 e. The van der Waals surface area contributed by atoms with E-state index in [1.165, 1.54) is 17.8 Å². The second-order valence-electron chi connectivity index (χ2n) is 13.8. The molecule has 7 saturated carbocycles. The van der Waals surface area contributed by atoms with E-state index < -0.39 is 0 Å².